The average Bonchev–Trinajstić information content (AvgIpc) is 2.57. The van der Waals surface area contributed by atoms with Crippen molar-refractivity contribution in [1.82, 2.24) is 9.88 Å². The van der Waals surface area contributed by atoms with Crippen molar-refractivity contribution in [3.05, 3.63) is 23.0 Å². The molecule has 0 radical (unpaired) electrons. The quantitative estimate of drug-likeness (QED) is 0.751. The number of H-pyrrole nitrogens is 1. The molecule has 0 atom stereocenters. The van der Waals surface area contributed by atoms with Crippen molar-refractivity contribution in [1.29, 1.82) is 0 Å². The van der Waals surface area contributed by atoms with Crippen LogP contribution in [0.2, 0.25) is 0 Å². The second-order valence-electron chi connectivity index (χ2n) is 4.28. The van der Waals surface area contributed by atoms with Gasteiger partial charge in [0.05, 0.1) is 6.54 Å². The van der Waals surface area contributed by atoms with Crippen LogP contribution in [-0.2, 0) is 0 Å². The van der Waals surface area contributed by atoms with Gasteiger partial charge in [-0.2, -0.15) is 0 Å². The summed E-state index contributed by atoms with van der Waals surface area (Å²) < 4.78 is 0. The normalized spacial score (nSPS) is 11.1. The molecule has 0 fully saturated rings. The van der Waals surface area contributed by atoms with Gasteiger partial charge in [0.2, 0.25) is 0 Å². The molecular formula is C13H22N2O. The summed E-state index contributed by atoms with van der Waals surface area (Å²) in [5, 5.41) is 0. The average molecular weight is 222 g/mol. The second kappa shape index (κ2) is 5.85. The molecule has 0 aliphatic heterocycles. The molecule has 90 valence electrons. The van der Waals surface area contributed by atoms with Crippen LogP contribution in [0.25, 0.3) is 0 Å². The number of hydrogen-bond acceptors (Lipinski definition) is 2. The molecule has 0 aliphatic carbocycles. The van der Waals surface area contributed by atoms with Gasteiger partial charge in [0.1, 0.15) is 0 Å². The molecule has 0 unspecified atom stereocenters. The lowest BCUT2D eigenvalue weighted by molar-refractivity contribution is 0.0933. The molecule has 1 heterocycles. The predicted molar refractivity (Wildman–Crippen MR) is 67.0 cm³/mol. The summed E-state index contributed by atoms with van der Waals surface area (Å²) in [6.07, 6.45) is 1.09. The number of nitrogens with zero attached hydrogens (tertiary/aromatic N) is 1. The monoisotopic (exact) mass is 222 g/mol. The number of aromatic nitrogens is 1. The third kappa shape index (κ3) is 3.20. The van der Waals surface area contributed by atoms with Crippen molar-refractivity contribution in [2.24, 2.45) is 0 Å². The summed E-state index contributed by atoms with van der Waals surface area (Å²) in [6, 6.07) is 1.94. The summed E-state index contributed by atoms with van der Waals surface area (Å²) in [5.74, 6) is 0.220. The van der Waals surface area contributed by atoms with Gasteiger partial charge in [-0.15, -0.1) is 0 Å². The minimum atomic E-state index is 0.220. The topological polar surface area (TPSA) is 36.1 Å². The van der Waals surface area contributed by atoms with Crippen LogP contribution in [-0.4, -0.2) is 35.3 Å². The maximum atomic E-state index is 12.1. The highest BCUT2D eigenvalue weighted by molar-refractivity contribution is 5.98. The van der Waals surface area contributed by atoms with Crippen molar-refractivity contribution in [3.63, 3.8) is 0 Å². The van der Waals surface area contributed by atoms with Crippen LogP contribution in [0.4, 0.5) is 0 Å². The first-order valence-corrected chi connectivity index (χ1v) is 6.00. The smallest absolute Gasteiger partial charge is 0.178 e. The molecule has 0 amide bonds. The van der Waals surface area contributed by atoms with Gasteiger partial charge in [-0.1, -0.05) is 13.8 Å². The Labute approximate surface area is 97.8 Å². The number of carbonyl (C=O) groups is 1. The fourth-order valence-corrected chi connectivity index (χ4v) is 1.97. The molecule has 0 bridgehead atoms. The molecular weight excluding hydrogens is 200 g/mol. The highest BCUT2D eigenvalue weighted by Crippen LogP contribution is 2.10. The van der Waals surface area contributed by atoms with Crippen LogP contribution in [0.3, 0.4) is 0 Å². The minimum absolute atomic E-state index is 0.220. The molecule has 0 aromatic carbocycles. The number of aryl methyl sites for hydroxylation is 2. The van der Waals surface area contributed by atoms with E-state index in [0.29, 0.717) is 6.54 Å². The highest BCUT2D eigenvalue weighted by Gasteiger charge is 2.14. The zero-order chi connectivity index (χ0) is 12.1. The van der Waals surface area contributed by atoms with Crippen molar-refractivity contribution in [2.45, 2.75) is 34.1 Å². The Bertz CT molecular complexity index is 355. The lowest BCUT2D eigenvalue weighted by Crippen LogP contribution is -2.30. The number of aromatic amines is 1. The van der Waals surface area contributed by atoms with Gasteiger partial charge >= 0.3 is 0 Å². The number of carbonyl (C=O) groups excluding carboxylic acids is 1. The molecule has 1 N–H and O–H groups in total. The Hall–Kier alpha value is -1.09. The lowest BCUT2D eigenvalue weighted by Gasteiger charge is -2.18. The van der Waals surface area contributed by atoms with Crippen LogP contribution in [0.15, 0.2) is 6.07 Å². The zero-order valence-electron chi connectivity index (χ0n) is 10.8. The van der Waals surface area contributed by atoms with Gasteiger partial charge in [0.15, 0.2) is 5.78 Å². The van der Waals surface area contributed by atoms with E-state index in [9.17, 15) is 4.79 Å². The Morgan fingerprint density at radius 2 is 2.06 bits per heavy atom. The van der Waals surface area contributed by atoms with E-state index in [4.69, 9.17) is 0 Å². The molecule has 0 saturated heterocycles. The fourth-order valence-electron chi connectivity index (χ4n) is 1.97. The van der Waals surface area contributed by atoms with Crippen LogP contribution in [0.1, 0.15) is 42.0 Å². The summed E-state index contributed by atoms with van der Waals surface area (Å²) in [4.78, 5) is 17.4. The molecule has 1 rings (SSSR count). The summed E-state index contributed by atoms with van der Waals surface area (Å²) in [7, 11) is 0. The first-order valence-electron chi connectivity index (χ1n) is 6.00. The molecule has 3 heteroatoms. The summed E-state index contributed by atoms with van der Waals surface area (Å²) in [6.45, 7) is 10.6. The highest BCUT2D eigenvalue weighted by atomic mass is 16.1. The number of Topliss-reactive ketones (excluding diaryl/α,β-unsaturated/α-hetero) is 1. The van der Waals surface area contributed by atoms with E-state index < -0.39 is 0 Å². The van der Waals surface area contributed by atoms with Crippen LogP contribution in [0.5, 0.6) is 0 Å². The Kier molecular flexibility index (Phi) is 4.74. The standard InChI is InChI=1S/C13H22N2O/c1-5-7-15(6-2)9-13(16)12-8-10(3)14-11(12)4/h8,14H,5-7,9H2,1-4H3. The number of nitrogens with one attached hydrogen (secondary N) is 1. The number of rotatable bonds is 6. The predicted octanol–water partition coefficient (Wildman–Crippen LogP) is 2.55. The Balaban J connectivity index is 2.67. The first-order chi connectivity index (χ1) is 7.58. The van der Waals surface area contributed by atoms with E-state index in [2.05, 4.69) is 23.7 Å². The molecule has 0 aliphatic rings. The maximum Gasteiger partial charge on any atom is 0.178 e. The van der Waals surface area contributed by atoms with Crippen molar-refractivity contribution in [3.8, 4) is 0 Å². The molecule has 16 heavy (non-hydrogen) atoms. The van der Waals surface area contributed by atoms with Gasteiger partial charge in [-0.05, 0) is 39.4 Å². The van der Waals surface area contributed by atoms with Crippen LogP contribution < -0.4 is 0 Å². The van der Waals surface area contributed by atoms with Crippen molar-refractivity contribution >= 4 is 5.78 Å². The largest absolute Gasteiger partial charge is 0.362 e. The molecule has 0 saturated carbocycles. The summed E-state index contributed by atoms with van der Waals surface area (Å²) in [5.41, 5.74) is 2.88. The van der Waals surface area contributed by atoms with Gasteiger partial charge in [-0.25, -0.2) is 0 Å². The Morgan fingerprint density at radius 3 is 2.50 bits per heavy atom. The van der Waals surface area contributed by atoms with E-state index >= 15 is 0 Å². The number of hydrogen-bond donors (Lipinski definition) is 1. The third-order valence-corrected chi connectivity index (χ3v) is 2.80. The number of ketones is 1. The molecule has 1 aromatic heterocycles. The van der Waals surface area contributed by atoms with Crippen LogP contribution >= 0.6 is 0 Å². The van der Waals surface area contributed by atoms with Crippen LogP contribution in [0, 0.1) is 13.8 Å². The van der Waals surface area contributed by atoms with E-state index in [1.54, 1.807) is 0 Å². The van der Waals surface area contributed by atoms with Gasteiger partial charge < -0.3 is 4.98 Å². The fraction of sp³-hybridized carbons (Fsp3) is 0.615. The van der Waals surface area contributed by atoms with E-state index in [0.717, 1.165) is 36.5 Å². The van der Waals surface area contributed by atoms with Crippen molar-refractivity contribution < 1.29 is 4.79 Å². The molecule has 3 nitrogen and oxygen atoms in total. The maximum absolute atomic E-state index is 12.1. The van der Waals surface area contributed by atoms with Gasteiger partial charge in [0, 0.05) is 17.0 Å². The lowest BCUT2D eigenvalue weighted by atomic mass is 10.1. The van der Waals surface area contributed by atoms with Crippen molar-refractivity contribution in [2.75, 3.05) is 19.6 Å². The van der Waals surface area contributed by atoms with Gasteiger partial charge in [0.25, 0.3) is 0 Å². The Morgan fingerprint density at radius 1 is 1.38 bits per heavy atom. The summed E-state index contributed by atoms with van der Waals surface area (Å²) >= 11 is 0. The SMILES string of the molecule is CCCN(CC)CC(=O)c1cc(C)[nH]c1C. The van der Waals surface area contributed by atoms with E-state index in [1.807, 2.05) is 19.9 Å². The second-order valence-corrected chi connectivity index (χ2v) is 4.28. The van der Waals surface area contributed by atoms with Gasteiger partial charge in [-0.3, -0.25) is 9.69 Å². The minimum Gasteiger partial charge on any atom is -0.362 e. The molecule has 1 aromatic rings. The zero-order valence-corrected chi connectivity index (χ0v) is 10.8. The van der Waals surface area contributed by atoms with E-state index in [-0.39, 0.29) is 5.78 Å². The molecule has 0 spiro atoms. The first kappa shape index (κ1) is 13.0. The number of likely N-dealkylation sites (N-methyl/N-ethyl adjacent to an activating group) is 1. The third-order valence-electron chi connectivity index (χ3n) is 2.80. The van der Waals surface area contributed by atoms with E-state index in [1.165, 1.54) is 0 Å².